The number of hydrogen-bond acceptors (Lipinski definition) is 5. The Morgan fingerprint density at radius 2 is 1.61 bits per heavy atom. The lowest BCUT2D eigenvalue weighted by Crippen LogP contribution is -2.58. The predicted octanol–water partition coefficient (Wildman–Crippen LogP) is 1.99. The lowest BCUT2D eigenvalue weighted by atomic mass is 9.96. The van der Waals surface area contributed by atoms with E-state index in [0.717, 1.165) is 0 Å². The molecule has 0 unspecified atom stereocenters. The number of amides is 2. The van der Waals surface area contributed by atoms with Gasteiger partial charge in [-0.2, -0.15) is 0 Å². The first kappa shape index (κ1) is 21.2. The van der Waals surface area contributed by atoms with E-state index in [9.17, 15) is 14.4 Å². The van der Waals surface area contributed by atoms with Crippen LogP contribution in [0.25, 0.3) is 0 Å². The molecule has 2 N–H and O–H groups in total. The van der Waals surface area contributed by atoms with Crippen molar-refractivity contribution in [3.63, 3.8) is 0 Å². The molecule has 0 aromatic heterocycles. The second kappa shape index (κ2) is 8.17. The first-order chi connectivity index (χ1) is 10.3. The van der Waals surface area contributed by atoms with E-state index in [0.29, 0.717) is 6.42 Å². The van der Waals surface area contributed by atoms with Crippen LogP contribution in [0.5, 0.6) is 0 Å². The van der Waals surface area contributed by atoms with E-state index in [1.807, 2.05) is 13.8 Å². The van der Waals surface area contributed by atoms with Gasteiger partial charge < -0.3 is 20.1 Å². The summed E-state index contributed by atoms with van der Waals surface area (Å²) in [7, 11) is 1.25. The maximum absolute atomic E-state index is 12.5. The van der Waals surface area contributed by atoms with Gasteiger partial charge in [0.15, 0.2) is 0 Å². The summed E-state index contributed by atoms with van der Waals surface area (Å²) in [6.07, 6.45) is 0.000767. The van der Waals surface area contributed by atoms with Gasteiger partial charge in [-0.1, -0.05) is 20.3 Å². The highest BCUT2D eigenvalue weighted by molar-refractivity contribution is 5.91. The topological polar surface area (TPSA) is 93.7 Å². The summed E-state index contributed by atoms with van der Waals surface area (Å²) in [5.41, 5.74) is -1.85. The Balaban J connectivity index is 5.08. The average Bonchev–Trinajstić information content (AvgIpc) is 2.40. The molecule has 0 aromatic rings. The average molecular weight is 330 g/mol. The molecule has 0 aliphatic carbocycles. The van der Waals surface area contributed by atoms with E-state index in [-0.39, 0.29) is 5.92 Å². The summed E-state index contributed by atoms with van der Waals surface area (Å²) < 4.78 is 9.85. The van der Waals surface area contributed by atoms with E-state index in [2.05, 4.69) is 15.4 Å². The van der Waals surface area contributed by atoms with Crippen molar-refractivity contribution in [2.75, 3.05) is 7.11 Å². The van der Waals surface area contributed by atoms with Crippen molar-refractivity contribution in [1.29, 1.82) is 0 Å². The van der Waals surface area contributed by atoms with Crippen molar-refractivity contribution in [1.82, 2.24) is 10.6 Å². The number of hydrogen-bond donors (Lipinski definition) is 2. The van der Waals surface area contributed by atoms with Crippen molar-refractivity contribution in [2.45, 2.75) is 72.1 Å². The van der Waals surface area contributed by atoms with Crippen molar-refractivity contribution in [3.05, 3.63) is 0 Å². The van der Waals surface area contributed by atoms with Crippen molar-refractivity contribution >= 4 is 18.0 Å². The zero-order valence-corrected chi connectivity index (χ0v) is 15.4. The van der Waals surface area contributed by atoms with Crippen LogP contribution >= 0.6 is 0 Å². The lowest BCUT2D eigenvalue weighted by molar-refractivity contribution is -0.149. The highest BCUT2D eigenvalue weighted by atomic mass is 16.6. The SMILES string of the molecule is CC[C@H](C)[C@H](NC(=O)OC(C)(C)C)C(=O)NC(C)(C)C(=O)OC. The standard InChI is InChI=1S/C16H30N2O5/c1-9-10(2)11(17-14(21)23-15(3,4)5)12(19)18-16(6,7)13(20)22-8/h10-11H,9H2,1-8H3,(H,17,21)(H,18,19)/t10-,11-/m0/s1. The molecule has 0 fully saturated rings. The molecule has 7 nitrogen and oxygen atoms in total. The molecule has 0 heterocycles. The summed E-state index contributed by atoms with van der Waals surface area (Å²) >= 11 is 0. The van der Waals surface area contributed by atoms with Crippen LogP contribution in [0.3, 0.4) is 0 Å². The van der Waals surface area contributed by atoms with Crippen molar-refractivity contribution in [3.8, 4) is 0 Å². The minimum absolute atomic E-state index is 0.129. The number of carbonyl (C=O) groups excluding carboxylic acids is 3. The Hall–Kier alpha value is -1.79. The molecular weight excluding hydrogens is 300 g/mol. The van der Waals surface area contributed by atoms with Crippen molar-refractivity contribution < 1.29 is 23.9 Å². The molecule has 0 rings (SSSR count). The van der Waals surface area contributed by atoms with E-state index in [1.165, 1.54) is 21.0 Å². The minimum Gasteiger partial charge on any atom is -0.467 e. The van der Waals surface area contributed by atoms with E-state index in [1.54, 1.807) is 20.8 Å². The van der Waals surface area contributed by atoms with Gasteiger partial charge in [-0.3, -0.25) is 4.79 Å². The number of rotatable bonds is 6. The summed E-state index contributed by atoms with van der Waals surface area (Å²) in [6, 6.07) is -0.807. The van der Waals surface area contributed by atoms with E-state index >= 15 is 0 Å². The minimum atomic E-state index is -1.19. The van der Waals surface area contributed by atoms with Gasteiger partial charge >= 0.3 is 12.1 Å². The highest BCUT2D eigenvalue weighted by Crippen LogP contribution is 2.13. The molecule has 0 saturated carbocycles. The Morgan fingerprint density at radius 3 is 2.00 bits per heavy atom. The molecule has 7 heteroatoms. The highest BCUT2D eigenvalue weighted by Gasteiger charge is 2.35. The zero-order valence-electron chi connectivity index (χ0n) is 15.4. The normalized spacial score (nSPS) is 14.4. The van der Waals surface area contributed by atoms with Gasteiger partial charge in [-0.25, -0.2) is 9.59 Å². The maximum atomic E-state index is 12.5. The molecule has 0 aliphatic rings. The maximum Gasteiger partial charge on any atom is 0.408 e. The molecule has 0 radical (unpaired) electrons. The molecule has 0 aromatic carbocycles. The van der Waals surface area contributed by atoms with Gasteiger partial charge in [-0.05, 0) is 40.5 Å². The Morgan fingerprint density at radius 1 is 1.09 bits per heavy atom. The third-order valence-electron chi connectivity index (χ3n) is 3.30. The number of nitrogens with one attached hydrogen (secondary N) is 2. The third kappa shape index (κ3) is 7.34. The number of alkyl carbamates (subject to hydrolysis) is 1. The molecular formula is C16H30N2O5. The van der Waals surface area contributed by atoms with Gasteiger partial charge in [0, 0.05) is 0 Å². The fraction of sp³-hybridized carbons (Fsp3) is 0.812. The van der Waals surface area contributed by atoms with Gasteiger partial charge in [0.1, 0.15) is 17.2 Å². The summed E-state index contributed by atoms with van der Waals surface area (Å²) in [5, 5.41) is 5.18. The van der Waals surface area contributed by atoms with Crippen LogP contribution in [0, 0.1) is 5.92 Å². The second-order valence-electron chi connectivity index (χ2n) is 7.12. The van der Waals surface area contributed by atoms with Gasteiger partial charge in [0.2, 0.25) is 5.91 Å². The first-order valence-corrected chi connectivity index (χ1v) is 7.74. The van der Waals surface area contributed by atoms with Crippen LogP contribution in [-0.4, -0.2) is 42.3 Å². The van der Waals surface area contributed by atoms with Crippen LogP contribution in [0.4, 0.5) is 4.79 Å². The second-order valence-corrected chi connectivity index (χ2v) is 7.12. The van der Waals surface area contributed by atoms with E-state index in [4.69, 9.17) is 4.74 Å². The first-order valence-electron chi connectivity index (χ1n) is 7.74. The Kier molecular flexibility index (Phi) is 7.54. The predicted molar refractivity (Wildman–Crippen MR) is 86.9 cm³/mol. The van der Waals surface area contributed by atoms with Gasteiger partial charge in [-0.15, -0.1) is 0 Å². The summed E-state index contributed by atoms with van der Waals surface area (Å²) in [5.74, 6) is -1.15. The monoisotopic (exact) mass is 330 g/mol. The van der Waals surface area contributed by atoms with Gasteiger partial charge in [0.25, 0.3) is 0 Å². The Labute approximate surface area is 138 Å². The quantitative estimate of drug-likeness (QED) is 0.727. The molecule has 2 amide bonds. The molecule has 134 valence electrons. The molecule has 0 bridgehead atoms. The smallest absolute Gasteiger partial charge is 0.408 e. The van der Waals surface area contributed by atoms with Crippen LogP contribution < -0.4 is 10.6 Å². The van der Waals surface area contributed by atoms with E-state index < -0.39 is 35.2 Å². The lowest BCUT2D eigenvalue weighted by Gasteiger charge is -2.30. The molecule has 0 saturated heterocycles. The molecule has 0 spiro atoms. The largest absolute Gasteiger partial charge is 0.467 e. The van der Waals surface area contributed by atoms with Crippen LogP contribution in [0.15, 0.2) is 0 Å². The third-order valence-corrected chi connectivity index (χ3v) is 3.30. The van der Waals surface area contributed by atoms with Crippen LogP contribution in [0.2, 0.25) is 0 Å². The Bertz CT molecular complexity index is 440. The molecule has 2 atom stereocenters. The number of esters is 1. The summed E-state index contributed by atoms with van der Waals surface area (Å²) in [4.78, 5) is 36.1. The number of methoxy groups -OCH3 is 1. The summed E-state index contributed by atoms with van der Waals surface area (Å²) in [6.45, 7) is 12.1. The number of carbonyl (C=O) groups is 3. The fourth-order valence-electron chi connectivity index (χ4n) is 1.83. The zero-order chi connectivity index (χ0) is 18.4. The molecule has 23 heavy (non-hydrogen) atoms. The van der Waals surface area contributed by atoms with Crippen LogP contribution in [-0.2, 0) is 19.1 Å². The van der Waals surface area contributed by atoms with Crippen molar-refractivity contribution in [2.24, 2.45) is 5.92 Å². The van der Waals surface area contributed by atoms with Crippen LogP contribution in [0.1, 0.15) is 54.9 Å². The van der Waals surface area contributed by atoms with Gasteiger partial charge in [0.05, 0.1) is 7.11 Å². The molecule has 0 aliphatic heterocycles. The number of ether oxygens (including phenoxy) is 2. The fourth-order valence-corrected chi connectivity index (χ4v) is 1.83.